The monoisotopic (exact) mass is 460 g/mol. The van der Waals surface area contributed by atoms with Crippen molar-refractivity contribution in [2.45, 2.75) is 77.5 Å². The molecule has 0 aliphatic rings. The minimum atomic E-state index is -1.33. The van der Waals surface area contributed by atoms with Gasteiger partial charge in [0.25, 0.3) is 0 Å². The van der Waals surface area contributed by atoms with Crippen LogP contribution in [0.3, 0.4) is 0 Å². The van der Waals surface area contributed by atoms with Gasteiger partial charge >= 0.3 is 11.9 Å². The number of aliphatic hydroxyl groups excluding tert-OH is 1. The van der Waals surface area contributed by atoms with Crippen molar-refractivity contribution in [1.82, 2.24) is 16.0 Å². The highest BCUT2D eigenvalue weighted by atomic mass is 16.4. The Kier molecular flexibility index (Phi) is 13.1. The van der Waals surface area contributed by atoms with Crippen molar-refractivity contribution in [2.24, 2.45) is 17.6 Å². The molecule has 184 valence electrons. The second-order valence-corrected chi connectivity index (χ2v) is 8.18. The van der Waals surface area contributed by atoms with Gasteiger partial charge in [-0.1, -0.05) is 34.1 Å². The Morgan fingerprint density at radius 2 is 1.44 bits per heavy atom. The molecule has 0 unspecified atom stereocenters. The fourth-order valence-electron chi connectivity index (χ4n) is 2.81. The fraction of sp³-hybridized carbons (Fsp3) is 0.750. The van der Waals surface area contributed by atoms with Crippen LogP contribution in [0, 0.1) is 11.8 Å². The van der Waals surface area contributed by atoms with E-state index in [-0.39, 0.29) is 24.7 Å². The first-order valence-electron chi connectivity index (χ1n) is 10.6. The van der Waals surface area contributed by atoms with Crippen LogP contribution >= 0.6 is 0 Å². The average Bonchev–Trinajstić information content (AvgIpc) is 2.71. The summed E-state index contributed by atoms with van der Waals surface area (Å²) >= 11 is 0. The van der Waals surface area contributed by atoms with Gasteiger partial charge in [-0.05, 0) is 24.7 Å². The number of carbonyl (C=O) groups is 5. The fourth-order valence-corrected chi connectivity index (χ4v) is 2.81. The lowest BCUT2D eigenvalue weighted by Gasteiger charge is -2.27. The third-order valence-corrected chi connectivity index (χ3v) is 4.93. The van der Waals surface area contributed by atoms with Crippen molar-refractivity contribution >= 4 is 29.7 Å². The molecule has 0 aromatic heterocycles. The molecule has 5 atom stereocenters. The van der Waals surface area contributed by atoms with Gasteiger partial charge in [-0.25, -0.2) is 4.79 Å². The number of rotatable bonds is 15. The molecule has 0 rings (SSSR count). The summed E-state index contributed by atoms with van der Waals surface area (Å²) < 4.78 is 0. The molecule has 0 aliphatic heterocycles. The molecule has 0 aliphatic carbocycles. The lowest BCUT2D eigenvalue weighted by molar-refractivity contribution is -0.143. The van der Waals surface area contributed by atoms with Gasteiger partial charge in [-0.2, -0.15) is 0 Å². The lowest BCUT2D eigenvalue weighted by Crippen LogP contribution is -2.59. The zero-order valence-electron chi connectivity index (χ0n) is 19.0. The van der Waals surface area contributed by atoms with Gasteiger partial charge in [0.15, 0.2) is 0 Å². The van der Waals surface area contributed by atoms with Gasteiger partial charge in [0.1, 0.15) is 24.2 Å². The Bertz CT molecular complexity index is 670. The van der Waals surface area contributed by atoms with Crippen LogP contribution in [0.25, 0.3) is 0 Å². The largest absolute Gasteiger partial charge is 0.481 e. The highest BCUT2D eigenvalue weighted by molar-refractivity contribution is 5.94. The Labute approximate surface area is 187 Å². The van der Waals surface area contributed by atoms with Crippen molar-refractivity contribution in [3.05, 3.63) is 0 Å². The van der Waals surface area contributed by atoms with Crippen LogP contribution in [0.4, 0.5) is 0 Å². The van der Waals surface area contributed by atoms with Crippen LogP contribution in [0.5, 0.6) is 0 Å². The van der Waals surface area contributed by atoms with E-state index >= 15 is 0 Å². The number of carbonyl (C=O) groups excluding carboxylic acids is 3. The molecule has 0 aromatic rings. The molecule has 0 fully saturated rings. The first-order valence-corrected chi connectivity index (χ1v) is 10.6. The Balaban J connectivity index is 5.59. The average molecular weight is 461 g/mol. The second-order valence-electron chi connectivity index (χ2n) is 8.18. The number of carboxylic acids is 2. The van der Waals surface area contributed by atoms with E-state index in [4.69, 9.17) is 15.9 Å². The maximum atomic E-state index is 12.9. The first kappa shape index (κ1) is 29.3. The topological polar surface area (TPSA) is 208 Å². The summed E-state index contributed by atoms with van der Waals surface area (Å²) in [4.78, 5) is 60.1. The van der Waals surface area contributed by atoms with E-state index in [1.54, 1.807) is 27.7 Å². The van der Waals surface area contributed by atoms with Gasteiger partial charge in [0.05, 0.1) is 6.61 Å². The maximum Gasteiger partial charge on any atom is 0.326 e. The van der Waals surface area contributed by atoms with Crippen LogP contribution in [0.15, 0.2) is 0 Å². The molecule has 0 saturated heterocycles. The summed E-state index contributed by atoms with van der Waals surface area (Å²) in [5.41, 5.74) is 5.48. The zero-order chi connectivity index (χ0) is 25.0. The summed E-state index contributed by atoms with van der Waals surface area (Å²) in [7, 11) is 0. The number of hydrogen-bond acceptors (Lipinski definition) is 7. The van der Waals surface area contributed by atoms with Gasteiger partial charge in [0.2, 0.25) is 17.7 Å². The van der Waals surface area contributed by atoms with Crippen LogP contribution in [0.2, 0.25) is 0 Å². The second kappa shape index (κ2) is 14.4. The highest BCUT2D eigenvalue weighted by Gasteiger charge is 2.32. The summed E-state index contributed by atoms with van der Waals surface area (Å²) in [6.07, 6.45) is -0.103. The number of aliphatic hydroxyl groups is 1. The van der Waals surface area contributed by atoms with E-state index in [0.29, 0.717) is 6.42 Å². The maximum absolute atomic E-state index is 12.9. The minimum Gasteiger partial charge on any atom is -0.481 e. The molecule has 0 saturated carbocycles. The van der Waals surface area contributed by atoms with Crippen molar-refractivity contribution in [3.8, 4) is 0 Å². The number of carboxylic acid groups (broad SMARTS) is 2. The number of aliphatic carboxylic acids is 2. The normalized spacial score (nSPS) is 15.7. The predicted octanol–water partition coefficient (Wildman–Crippen LogP) is -1.20. The number of hydrogen-bond donors (Lipinski definition) is 7. The van der Waals surface area contributed by atoms with Crippen molar-refractivity contribution < 1.29 is 39.3 Å². The van der Waals surface area contributed by atoms with Crippen LogP contribution in [0.1, 0.15) is 53.4 Å². The Morgan fingerprint density at radius 1 is 0.875 bits per heavy atom. The molecule has 0 aromatic carbocycles. The smallest absolute Gasteiger partial charge is 0.326 e. The summed E-state index contributed by atoms with van der Waals surface area (Å²) in [6.45, 7) is 6.40. The standard InChI is InChI=1S/C20H36N4O8/c1-5-11(4)16(24-17(28)12(21)9-25)19(30)22-13(6-7-15(26)27)18(29)23-14(20(31)32)8-10(2)3/h10-14,16,25H,5-9,21H2,1-4H3,(H,22,30)(H,23,29)(H,24,28)(H,26,27)(H,31,32)/t11-,12-,13-,14-,16-/m0/s1. The van der Waals surface area contributed by atoms with Gasteiger partial charge < -0.3 is 37.0 Å². The molecule has 32 heavy (non-hydrogen) atoms. The first-order chi connectivity index (χ1) is 14.8. The van der Waals surface area contributed by atoms with Crippen molar-refractivity contribution in [3.63, 3.8) is 0 Å². The Hall–Kier alpha value is -2.73. The van der Waals surface area contributed by atoms with Gasteiger partial charge in [-0.3, -0.25) is 19.2 Å². The minimum absolute atomic E-state index is 0.0378. The quantitative estimate of drug-likeness (QED) is 0.156. The Morgan fingerprint density at radius 3 is 1.88 bits per heavy atom. The summed E-state index contributed by atoms with van der Waals surface area (Å²) in [5.74, 6) is -5.21. The van der Waals surface area contributed by atoms with Crippen LogP contribution in [-0.4, -0.2) is 75.8 Å². The SMILES string of the molecule is CC[C@H](C)[C@H](NC(=O)[C@@H](N)CO)C(=O)N[C@@H](CCC(=O)O)C(=O)N[C@@H](CC(C)C)C(=O)O. The molecule has 12 heteroatoms. The van der Waals surface area contributed by atoms with Crippen LogP contribution < -0.4 is 21.7 Å². The molecule has 0 heterocycles. The van der Waals surface area contributed by atoms with Crippen molar-refractivity contribution in [2.75, 3.05) is 6.61 Å². The summed E-state index contributed by atoms with van der Waals surface area (Å²) in [5, 5.41) is 34.6. The summed E-state index contributed by atoms with van der Waals surface area (Å²) in [6, 6.07) is -4.88. The third-order valence-electron chi connectivity index (χ3n) is 4.93. The lowest BCUT2D eigenvalue weighted by atomic mass is 9.97. The van der Waals surface area contributed by atoms with E-state index < -0.39 is 66.9 Å². The molecular formula is C20H36N4O8. The third kappa shape index (κ3) is 10.5. The van der Waals surface area contributed by atoms with Gasteiger partial charge in [0, 0.05) is 6.42 Å². The molecule has 0 bridgehead atoms. The number of amides is 3. The van der Waals surface area contributed by atoms with Gasteiger partial charge in [-0.15, -0.1) is 0 Å². The van der Waals surface area contributed by atoms with Crippen molar-refractivity contribution in [1.29, 1.82) is 0 Å². The molecule has 0 radical (unpaired) electrons. The number of nitrogens with two attached hydrogens (primary N) is 1. The highest BCUT2D eigenvalue weighted by Crippen LogP contribution is 2.11. The van der Waals surface area contributed by atoms with E-state index in [1.165, 1.54) is 0 Å². The number of nitrogens with one attached hydrogen (secondary N) is 3. The predicted molar refractivity (Wildman–Crippen MR) is 114 cm³/mol. The van der Waals surface area contributed by atoms with Crippen LogP contribution in [-0.2, 0) is 24.0 Å². The van der Waals surface area contributed by atoms with E-state index in [9.17, 15) is 29.1 Å². The zero-order valence-corrected chi connectivity index (χ0v) is 19.0. The van der Waals surface area contributed by atoms with E-state index in [2.05, 4.69) is 16.0 Å². The molecular weight excluding hydrogens is 424 g/mol. The van der Waals surface area contributed by atoms with E-state index in [1.807, 2.05) is 0 Å². The molecule has 12 nitrogen and oxygen atoms in total. The van der Waals surface area contributed by atoms with E-state index in [0.717, 1.165) is 0 Å². The molecule has 8 N–H and O–H groups in total. The molecule has 0 spiro atoms. The molecule has 3 amide bonds.